The van der Waals surface area contributed by atoms with E-state index in [1.54, 1.807) is 25.1 Å². The molecule has 0 aliphatic carbocycles. The molecular formula is C24H29Cl4N3O4S. The number of carbonyl (C=O) groups excluding carboxylic acids is 2. The van der Waals surface area contributed by atoms with E-state index in [0.29, 0.717) is 33.6 Å². The molecule has 2 amide bonds. The maximum atomic E-state index is 13.7. The molecule has 0 unspecified atom stereocenters. The van der Waals surface area contributed by atoms with Gasteiger partial charge in [0.15, 0.2) is 0 Å². The van der Waals surface area contributed by atoms with Crippen molar-refractivity contribution in [2.45, 2.75) is 39.8 Å². The highest BCUT2D eigenvalue weighted by Gasteiger charge is 2.32. The number of rotatable bonds is 11. The molecule has 12 heteroatoms. The fourth-order valence-electron chi connectivity index (χ4n) is 3.45. The second-order valence-corrected chi connectivity index (χ2v) is 12.3. The lowest BCUT2D eigenvalue weighted by Gasteiger charge is -2.33. The van der Waals surface area contributed by atoms with Crippen LogP contribution < -0.4 is 9.62 Å². The number of hydrogen-bond acceptors (Lipinski definition) is 4. The Kier molecular flexibility index (Phi) is 11.2. The number of sulfonamides is 1. The van der Waals surface area contributed by atoms with Crippen LogP contribution in [0.5, 0.6) is 0 Å². The highest BCUT2D eigenvalue weighted by atomic mass is 35.5. The van der Waals surface area contributed by atoms with Crippen molar-refractivity contribution in [3.05, 3.63) is 62.1 Å². The molecule has 2 aromatic carbocycles. The zero-order valence-electron chi connectivity index (χ0n) is 20.4. The van der Waals surface area contributed by atoms with Crippen LogP contribution in [0.3, 0.4) is 0 Å². The van der Waals surface area contributed by atoms with Gasteiger partial charge in [0, 0.05) is 18.1 Å². The van der Waals surface area contributed by atoms with Crippen LogP contribution in [-0.4, -0.2) is 50.5 Å². The van der Waals surface area contributed by atoms with Crippen LogP contribution in [0.4, 0.5) is 5.69 Å². The third-order valence-corrected chi connectivity index (χ3v) is 7.67. The van der Waals surface area contributed by atoms with E-state index in [1.807, 2.05) is 13.8 Å². The highest BCUT2D eigenvalue weighted by Crippen LogP contribution is 2.31. The van der Waals surface area contributed by atoms with Crippen LogP contribution in [0.2, 0.25) is 20.1 Å². The van der Waals surface area contributed by atoms with Crippen LogP contribution in [0, 0.1) is 5.92 Å². The Balaban J connectivity index is 2.48. The maximum Gasteiger partial charge on any atom is 0.244 e. The van der Waals surface area contributed by atoms with Gasteiger partial charge in [0.05, 0.1) is 27.0 Å². The predicted octanol–water partition coefficient (Wildman–Crippen LogP) is 5.65. The van der Waals surface area contributed by atoms with Crippen LogP contribution in [0.1, 0.15) is 32.8 Å². The topological polar surface area (TPSA) is 86.8 Å². The number of amides is 2. The Bertz CT molecular complexity index is 1210. The van der Waals surface area contributed by atoms with Crippen molar-refractivity contribution in [3.63, 3.8) is 0 Å². The molecule has 0 bridgehead atoms. The van der Waals surface area contributed by atoms with Gasteiger partial charge in [-0.1, -0.05) is 73.2 Å². The summed E-state index contributed by atoms with van der Waals surface area (Å²) in [6, 6.07) is 8.33. The minimum atomic E-state index is -3.92. The summed E-state index contributed by atoms with van der Waals surface area (Å²) in [7, 11) is -3.92. The van der Waals surface area contributed by atoms with Crippen LogP contribution >= 0.6 is 46.4 Å². The fourth-order valence-corrected chi connectivity index (χ4v) is 5.20. The standard InChI is InChI=1S/C24H29Cl4N3O4S/c1-5-21(24(33)29-12-15(2)3)30(13-16-6-8-18(26)19(27)10-16)23(32)14-31(36(4,34)35)22-9-7-17(25)11-20(22)28/h6-11,15,21H,5,12-14H2,1-4H3,(H,29,33)/t21-/m1/s1. The van der Waals surface area contributed by atoms with E-state index in [-0.39, 0.29) is 29.1 Å². The van der Waals surface area contributed by atoms with E-state index in [1.165, 1.54) is 23.1 Å². The van der Waals surface area contributed by atoms with Crippen LogP contribution in [0.25, 0.3) is 0 Å². The van der Waals surface area contributed by atoms with E-state index in [4.69, 9.17) is 46.4 Å². The highest BCUT2D eigenvalue weighted by molar-refractivity contribution is 7.92. The second kappa shape index (κ2) is 13.2. The average molecular weight is 597 g/mol. The molecule has 7 nitrogen and oxygen atoms in total. The molecule has 0 saturated carbocycles. The van der Waals surface area contributed by atoms with E-state index in [0.717, 1.165) is 10.6 Å². The lowest BCUT2D eigenvalue weighted by atomic mass is 10.1. The van der Waals surface area contributed by atoms with Crippen molar-refractivity contribution < 1.29 is 18.0 Å². The van der Waals surface area contributed by atoms with Gasteiger partial charge in [-0.2, -0.15) is 0 Å². The first-order valence-corrected chi connectivity index (χ1v) is 14.5. The van der Waals surface area contributed by atoms with Gasteiger partial charge < -0.3 is 10.2 Å². The zero-order chi connectivity index (χ0) is 27.2. The number of halogens is 4. The molecule has 0 fully saturated rings. The van der Waals surface area contributed by atoms with Crippen molar-refractivity contribution in [3.8, 4) is 0 Å². The van der Waals surface area contributed by atoms with Gasteiger partial charge in [-0.15, -0.1) is 0 Å². The zero-order valence-corrected chi connectivity index (χ0v) is 24.2. The van der Waals surface area contributed by atoms with Gasteiger partial charge in [-0.05, 0) is 48.2 Å². The van der Waals surface area contributed by atoms with E-state index in [2.05, 4.69) is 5.32 Å². The first-order valence-electron chi connectivity index (χ1n) is 11.2. The van der Waals surface area contributed by atoms with Crippen molar-refractivity contribution in [1.29, 1.82) is 0 Å². The van der Waals surface area contributed by atoms with E-state index >= 15 is 0 Å². The first kappa shape index (κ1) is 30.5. The third kappa shape index (κ3) is 8.42. The smallest absolute Gasteiger partial charge is 0.244 e. The first-order chi connectivity index (χ1) is 16.7. The normalized spacial score (nSPS) is 12.4. The Morgan fingerprint density at radius 1 is 0.972 bits per heavy atom. The Morgan fingerprint density at radius 2 is 1.64 bits per heavy atom. The molecule has 0 saturated heterocycles. The average Bonchev–Trinajstić information content (AvgIpc) is 2.77. The summed E-state index contributed by atoms with van der Waals surface area (Å²) in [6.07, 6.45) is 1.28. The van der Waals surface area contributed by atoms with Crippen LogP contribution in [0.15, 0.2) is 36.4 Å². The summed E-state index contributed by atoms with van der Waals surface area (Å²) in [5.74, 6) is -0.724. The largest absolute Gasteiger partial charge is 0.354 e. The molecule has 0 aliphatic heterocycles. The summed E-state index contributed by atoms with van der Waals surface area (Å²) in [4.78, 5) is 28.1. The van der Waals surface area contributed by atoms with Crippen molar-refractivity contribution in [2.75, 3.05) is 23.7 Å². The number of nitrogens with one attached hydrogen (secondary N) is 1. The number of benzene rings is 2. The van der Waals surface area contributed by atoms with Gasteiger partial charge in [0.25, 0.3) is 0 Å². The molecule has 0 radical (unpaired) electrons. The van der Waals surface area contributed by atoms with Gasteiger partial charge in [0.2, 0.25) is 21.8 Å². The Morgan fingerprint density at radius 3 is 2.17 bits per heavy atom. The minimum absolute atomic E-state index is 0.00921. The summed E-state index contributed by atoms with van der Waals surface area (Å²) in [5, 5.41) is 3.89. The van der Waals surface area contributed by atoms with Crippen LogP contribution in [-0.2, 0) is 26.2 Å². The number of nitrogens with zero attached hydrogens (tertiary/aromatic N) is 2. The van der Waals surface area contributed by atoms with E-state index < -0.39 is 28.5 Å². The molecule has 0 aromatic heterocycles. The molecule has 198 valence electrons. The molecule has 0 aliphatic rings. The van der Waals surface area contributed by atoms with Crippen molar-refractivity contribution >= 4 is 73.9 Å². The van der Waals surface area contributed by atoms with Crippen molar-refractivity contribution in [2.24, 2.45) is 5.92 Å². The molecule has 1 atom stereocenters. The summed E-state index contributed by atoms with van der Waals surface area (Å²) < 4.78 is 26.2. The monoisotopic (exact) mass is 595 g/mol. The lowest BCUT2D eigenvalue weighted by molar-refractivity contribution is -0.140. The molecule has 1 N–H and O–H groups in total. The van der Waals surface area contributed by atoms with Gasteiger partial charge in [0.1, 0.15) is 12.6 Å². The Labute approximate surface area is 232 Å². The number of hydrogen-bond donors (Lipinski definition) is 1. The van der Waals surface area contributed by atoms with Crippen molar-refractivity contribution in [1.82, 2.24) is 10.2 Å². The number of carbonyl (C=O) groups is 2. The maximum absolute atomic E-state index is 13.7. The lowest BCUT2D eigenvalue weighted by Crippen LogP contribution is -2.52. The quantitative estimate of drug-likeness (QED) is 0.363. The minimum Gasteiger partial charge on any atom is -0.354 e. The summed E-state index contributed by atoms with van der Waals surface area (Å²) in [5.41, 5.74) is 0.729. The van der Waals surface area contributed by atoms with E-state index in [9.17, 15) is 18.0 Å². The van der Waals surface area contributed by atoms with Gasteiger partial charge in [-0.25, -0.2) is 8.42 Å². The van der Waals surface area contributed by atoms with Gasteiger partial charge in [-0.3, -0.25) is 13.9 Å². The Hall–Kier alpha value is -1.71. The predicted molar refractivity (Wildman–Crippen MR) is 148 cm³/mol. The molecule has 2 rings (SSSR count). The number of anilines is 1. The van der Waals surface area contributed by atoms with Gasteiger partial charge >= 0.3 is 0 Å². The molecular weight excluding hydrogens is 568 g/mol. The molecule has 0 heterocycles. The third-order valence-electron chi connectivity index (χ3n) is 5.27. The molecule has 2 aromatic rings. The second-order valence-electron chi connectivity index (χ2n) is 8.70. The summed E-state index contributed by atoms with van der Waals surface area (Å²) >= 11 is 24.4. The molecule has 0 spiro atoms. The molecule has 36 heavy (non-hydrogen) atoms. The SMILES string of the molecule is CC[C@H](C(=O)NCC(C)C)N(Cc1ccc(Cl)c(Cl)c1)C(=O)CN(c1ccc(Cl)cc1Cl)S(C)(=O)=O. The summed E-state index contributed by atoms with van der Waals surface area (Å²) in [6.45, 7) is 5.56. The fraction of sp³-hybridized carbons (Fsp3) is 0.417.